The molecule has 0 aromatic heterocycles. The third-order valence-corrected chi connectivity index (χ3v) is 2.91. The monoisotopic (exact) mass is 238 g/mol. The fourth-order valence-corrected chi connectivity index (χ4v) is 1.56. The van der Waals surface area contributed by atoms with Crippen molar-refractivity contribution in [3.05, 3.63) is 0 Å². The molecular weight excluding hydrogens is 220 g/mol. The number of carboxylic acid groups (broad SMARTS) is 1. The van der Waals surface area contributed by atoms with Crippen molar-refractivity contribution in [1.82, 2.24) is 4.90 Å². The molecule has 0 aliphatic carbocycles. The average molecular weight is 238 g/mol. The standard InChI is InChI=1S/C8H18N2O4S/c1-10(5-6-15(2,13)14)4-3-7(9)8(11)12/h7H,3-6,9H2,1-2H3,(H,11,12). The molecule has 1 unspecified atom stereocenters. The summed E-state index contributed by atoms with van der Waals surface area (Å²) < 4.78 is 21.7. The average Bonchev–Trinajstić information content (AvgIpc) is 2.09. The first-order valence-electron chi connectivity index (χ1n) is 4.57. The van der Waals surface area contributed by atoms with Crippen molar-refractivity contribution in [2.45, 2.75) is 12.5 Å². The van der Waals surface area contributed by atoms with Gasteiger partial charge in [-0.25, -0.2) is 8.42 Å². The maximum absolute atomic E-state index is 10.8. The lowest BCUT2D eigenvalue weighted by Crippen LogP contribution is -2.35. The molecule has 0 rings (SSSR count). The quantitative estimate of drug-likeness (QED) is 0.575. The summed E-state index contributed by atoms with van der Waals surface area (Å²) in [5.41, 5.74) is 5.30. The largest absolute Gasteiger partial charge is 0.480 e. The van der Waals surface area contributed by atoms with E-state index in [-0.39, 0.29) is 5.75 Å². The van der Waals surface area contributed by atoms with E-state index in [2.05, 4.69) is 0 Å². The number of nitrogens with two attached hydrogens (primary N) is 1. The van der Waals surface area contributed by atoms with Gasteiger partial charge in [0.2, 0.25) is 0 Å². The first kappa shape index (κ1) is 14.3. The molecule has 0 amide bonds. The molecule has 15 heavy (non-hydrogen) atoms. The predicted molar refractivity (Wildman–Crippen MR) is 57.4 cm³/mol. The highest BCUT2D eigenvalue weighted by Gasteiger charge is 2.12. The molecule has 7 heteroatoms. The van der Waals surface area contributed by atoms with E-state index in [0.29, 0.717) is 19.5 Å². The Morgan fingerprint density at radius 1 is 1.47 bits per heavy atom. The Morgan fingerprint density at radius 3 is 2.40 bits per heavy atom. The third kappa shape index (κ3) is 8.34. The molecule has 0 radical (unpaired) electrons. The first-order chi connectivity index (χ1) is 6.72. The molecule has 3 N–H and O–H groups in total. The van der Waals surface area contributed by atoms with Gasteiger partial charge in [0.05, 0.1) is 5.75 Å². The van der Waals surface area contributed by atoms with Gasteiger partial charge in [0.15, 0.2) is 0 Å². The zero-order valence-corrected chi connectivity index (χ0v) is 9.83. The molecular formula is C8H18N2O4S. The number of carboxylic acids is 1. The summed E-state index contributed by atoms with van der Waals surface area (Å²) in [6.45, 7) is 0.869. The van der Waals surface area contributed by atoms with Gasteiger partial charge >= 0.3 is 5.97 Å². The normalized spacial score (nSPS) is 14.1. The lowest BCUT2D eigenvalue weighted by Gasteiger charge is -2.16. The summed E-state index contributed by atoms with van der Waals surface area (Å²) in [5.74, 6) is -0.960. The minimum Gasteiger partial charge on any atom is -0.480 e. The lowest BCUT2D eigenvalue weighted by atomic mass is 10.2. The van der Waals surface area contributed by atoms with Crippen molar-refractivity contribution in [3.8, 4) is 0 Å². The molecule has 0 fully saturated rings. The Bertz CT molecular complexity index is 302. The van der Waals surface area contributed by atoms with Gasteiger partial charge in [-0.15, -0.1) is 0 Å². The third-order valence-electron chi connectivity index (χ3n) is 1.98. The summed E-state index contributed by atoms with van der Waals surface area (Å²) in [5, 5.41) is 8.51. The van der Waals surface area contributed by atoms with Crippen molar-refractivity contribution >= 4 is 15.8 Å². The van der Waals surface area contributed by atoms with E-state index in [1.165, 1.54) is 6.26 Å². The van der Waals surface area contributed by atoms with Crippen molar-refractivity contribution in [2.24, 2.45) is 5.73 Å². The van der Waals surface area contributed by atoms with Gasteiger partial charge in [0.25, 0.3) is 0 Å². The first-order valence-corrected chi connectivity index (χ1v) is 6.63. The summed E-state index contributed by atoms with van der Waals surface area (Å²) in [7, 11) is -1.23. The minimum absolute atomic E-state index is 0.0752. The van der Waals surface area contributed by atoms with Crippen LogP contribution in [0.5, 0.6) is 0 Å². The Balaban J connectivity index is 3.76. The number of rotatable bonds is 7. The topological polar surface area (TPSA) is 101 Å². The smallest absolute Gasteiger partial charge is 0.320 e. The number of hydrogen-bond acceptors (Lipinski definition) is 5. The molecule has 6 nitrogen and oxygen atoms in total. The van der Waals surface area contributed by atoms with Crippen LogP contribution in [0.3, 0.4) is 0 Å². The zero-order valence-electron chi connectivity index (χ0n) is 9.01. The lowest BCUT2D eigenvalue weighted by molar-refractivity contribution is -0.138. The number of sulfone groups is 1. The molecule has 0 spiro atoms. The maximum atomic E-state index is 10.8. The highest BCUT2D eigenvalue weighted by atomic mass is 32.2. The molecule has 90 valence electrons. The maximum Gasteiger partial charge on any atom is 0.320 e. The van der Waals surface area contributed by atoms with E-state index in [1.807, 2.05) is 0 Å². The van der Waals surface area contributed by atoms with Crippen LogP contribution in [-0.2, 0) is 14.6 Å². The highest BCUT2D eigenvalue weighted by molar-refractivity contribution is 7.90. The van der Waals surface area contributed by atoms with Gasteiger partial charge in [0.1, 0.15) is 15.9 Å². The second-order valence-electron chi connectivity index (χ2n) is 3.67. The second kappa shape index (κ2) is 6.04. The van der Waals surface area contributed by atoms with E-state index in [9.17, 15) is 13.2 Å². The Morgan fingerprint density at radius 2 is 2.00 bits per heavy atom. The summed E-state index contributed by atoms with van der Waals surface area (Å²) >= 11 is 0. The number of nitrogens with zero attached hydrogens (tertiary/aromatic N) is 1. The summed E-state index contributed by atoms with van der Waals surface area (Å²) in [6, 6.07) is -0.884. The molecule has 0 aliphatic heterocycles. The van der Waals surface area contributed by atoms with Crippen LogP contribution >= 0.6 is 0 Å². The van der Waals surface area contributed by atoms with Crippen molar-refractivity contribution in [1.29, 1.82) is 0 Å². The SMILES string of the molecule is CN(CCC(N)C(=O)O)CCS(C)(=O)=O. The van der Waals surface area contributed by atoms with Gasteiger partial charge in [-0.1, -0.05) is 0 Å². The fourth-order valence-electron chi connectivity index (χ4n) is 0.916. The van der Waals surface area contributed by atoms with Crippen LogP contribution < -0.4 is 5.73 Å². The van der Waals surface area contributed by atoms with Crippen LogP contribution in [0, 0.1) is 0 Å². The van der Waals surface area contributed by atoms with Gasteiger partial charge in [-0.2, -0.15) is 0 Å². The predicted octanol–water partition coefficient (Wildman–Crippen LogP) is -1.24. The van der Waals surface area contributed by atoms with Crippen molar-refractivity contribution < 1.29 is 18.3 Å². The van der Waals surface area contributed by atoms with Crippen LogP contribution in [0.4, 0.5) is 0 Å². The van der Waals surface area contributed by atoms with Crippen LogP contribution in [0.15, 0.2) is 0 Å². The van der Waals surface area contributed by atoms with Crippen molar-refractivity contribution in [3.63, 3.8) is 0 Å². The molecule has 0 bridgehead atoms. The van der Waals surface area contributed by atoms with Crippen LogP contribution in [-0.4, -0.2) is 62.6 Å². The fraction of sp³-hybridized carbons (Fsp3) is 0.875. The molecule has 0 saturated heterocycles. The molecule has 0 saturated carbocycles. The Kier molecular flexibility index (Phi) is 5.77. The van der Waals surface area contributed by atoms with Gasteiger partial charge < -0.3 is 15.7 Å². The number of carbonyl (C=O) groups is 1. The Hall–Kier alpha value is -0.660. The molecule has 0 aromatic rings. The summed E-state index contributed by atoms with van der Waals surface area (Å²) in [6.07, 6.45) is 1.49. The number of aliphatic carboxylic acids is 1. The molecule has 0 aliphatic rings. The van der Waals surface area contributed by atoms with Crippen LogP contribution in [0.25, 0.3) is 0 Å². The van der Waals surface area contributed by atoms with E-state index in [0.717, 1.165) is 0 Å². The van der Waals surface area contributed by atoms with E-state index in [1.54, 1.807) is 11.9 Å². The van der Waals surface area contributed by atoms with Gasteiger partial charge in [-0.3, -0.25) is 4.79 Å². The highest BCUT2D eigenvalue weighted by Crippen LogP contribution is 1.94. The van der Waals surface area contributed by atoms with Gasteiger partial charge in [0, 0.05) is 12.8 Å². The Labute approximate surface area is 90.0 Å². The summed E-state index contributed by atoms with van der Waals surface area (Å²) in [4.78, 5) is 12.1. The minimum atomic E-state index is -2.96. The molecule has 0 heterocycles. The van der Waals surface area contributed by atoms with Crippen molar-refractivity contribution in [2.75, 3.05) is 32.1 Å². The zero-order chi connectivity index (χ0) is 12.1. The number of hydrogen-bond donors (Lipinski definition) is 2. The van der Waals surface area contributed by atoms with E-state index >= 15 is 0 Å². The van der Waals surface area contributed by atoms with Gasteiger partial charge in [-0.05, 0) is 20.0 Å². The van der Waals surface area contributed by atoms with E-state index < -0.39 is 21.8 Å². The van der Waals surface area contributed by atoms with E-state index in [4.69, 9.17) is 10.8 Å². The molecule has 0 aromatic carbocycles. The molecule has 1 atom stereocenters. The van der Waals surface area contributed by atoms with Crippen LogP contribution in [0.2, 0.25) is 0 Å². The van der Waals surface area contributed by atoms with Crippen LogP contribution in [0.1, 0.15) is 6.42 Å². The second-order valence-corrected chi connectivity index (χ2v) is 5.93.